The fourth-order valence-electron chi connectivity index (χ4n) is 1.92. The summed E-state index contributed by atoms with van der Waals surface area (Å²) in [6, 6.07) is 10.3. The summed E-state index contributed by atoms with van der Waals surface area (Å²) in [6.07, 6.45) is 6.99. The zero-order chi connectivity index (χ0) is 14.6. The van der Waals surface area contributed by atoms with Gasteiger partial charge in [-0.1, -0.05) is 50.1 Å². The lowest BCUT2D eigenvalue weighted by atomic mass is 10.0. The number of hydrogen-bond donors (Lipinski definition) is 0. The molecule has 0 aliphatic heterocycles. The molecule has 3 nitrogen and oxygen atoms in total. The third-order valence-corrected chi connectivity index (χ3v) is 2.95. The minimum atomic E-state index is -0.360. The summed E-state index contributed by atoms with van der Waals surface area (Å²) >= 11 is 0. The third kappa shape index (κ3) is 6.98. The van der Waals surface area contributed by atoms with Gasteiger partial charge < -0.3 is 9.47 Å². The van der Waals surface area contributed by atoms with Crippen molar-refractivity contribution in [2.45, 2.75) is 45.6 Å². The molecule has 0 heterocycles. The van der Waals surface area contributed by atoms with Crippen LogP contribution in [0.4, 0.5) is 0 Å². The molecule has 0 aliphatic rings. The van der Waals surface area contributed by atoms with Gasteiger partial charge in [-0.2, -0.15) is 0 Å². The lowest BCUT2D eigenvalue weighted by Gasteiger charge is -2.16. The van der Waals surface area contributed by atoms with Crippen LogP contribution in [0.5, 0.6) is 0 Å². The predicted molar refractivity (Wildman–Crippen MR) is 80.3 cm³/mol. The maximum Gasteiger partial charge on any atom is 0.333 e. The van der Waals surface area contributed by atoms with Crippen molar-refractivity contribution in [2.75, 3.05) is 6.61 Å². The Kier molecular flexibility index (Phi) is 8.20. The molecule has 0 spiro atoms. The average Bonchev–Trinajstić information content (AvgIpc) is 2.46. The van der Waals surface area contributed by atoms with Crippen molar-refractivity contribution in [2.24, 2.45) is 0 Å². The second kappa shape index (κ2) is 10.1. The second-order valence-electron chi connectivity index (χ2n) is 4.64. The van der Waals surface area contributed by atoms with E-state index in [1.54, 1.807) is 6.92 Å². The van der Waals surface area contributed by atoms with Crippen molar-refractivity contribution in [3.63, 3.8) is 0 Å². The molecular formula is C17H24O3. The standard InChI is InChI=1S/C17H24O3/c1-3-5-11-16(14-15-9-7-6-8-10-15)20-13-12-17(18)19-4-2/h6-10,12-13,16H,3-5,11,14H2,1-2H3/b13-12+. The molecule has 3 heteroatoms. The zero-order valence-electron chi connectivity index (χ0n) is 12.4. The van der Waals surface area contributed by atoms with Gasteiger partial charge >= 0.3 is 5.97 Å². The van der Waals surface area contributed by atoms with Crippen molar-refractivity contribution >= 4 is 5.97 Å². The number of rotatable bonds is 9. The van der Waals surface area contributed by atoms with Crippen LogP contribution in [-0.2, 0) is 20.7 Å². The Morgan fingerprint density at radius 3 is 2.65 bits per heavy atom. The van der Waals surface area contributed by atoms with Crippen LogP contribution in [0.1, 0.15) is 38.7 Å². The molecule has 1 atom stereocenters. The molecule has 0 fully saturated rings. The average molecular weight is 276 g/mol. The summed E-state index contributed by atoms with van der Waals surface area (Å²) in [5.41, 5.74) is 1.25. The molecular weight excluding hydrogens is 252 g/mol. The maximum atomic E-state index is 11.2. The van der Waals surface area contributed by atoms with Gasteiger partial charge in [0.1, 0.15) is 6.10 Å². The molecule has 110 valence electrons. The second-order valence-corrected chi connectivity index (χ2v) is 4.64. The van der Waals surface area contributed by atoms with Gasteiger partial charge in [-0.25, -0.2) is 4.79 Å². The molecule has 0 amide bonds. The lowest BCUT2D eigenvalue weighted by Crippen LogP contribution is -2.13. The normalized spacial score (nSPS) is 12.3. The molecule has 0 aromatic heterocycles. The van der Waals surface area contributed by atoms with Gasteiger partial charge in [0.05, 0.1) is 18.9 Å². The molecule has 1 rings (SSSR count). The van der Waals surface area contributed by atoms with E-state index in [4.69, 9.17) is 9.47 Å². The summed E-state index contributed by atoms with van der Waals surface area (Å²) in [5, 5.41) is 0. The van der Waals surface area contributed by atoms with Gasteiger partial charge in [0.15, 0.2) is 0 Å². The molecule has 0 saturated heterocycles. The van der Waals surface area contributed by atoms with Gasteiger partial charge in [0, 0.05) is 6.42 Å². The highest BCUT2D eigenvalue weighted by atomic mass is 16.5. The van der Waals surface area contributed by atoms with Crippen molar-refractivity contribution in [1.29, 1.82) is 0 Å². The lowest BCUT2D eigenvalue weighted by molar-refractivity contribution is -0.137. The molecule has 0 saturated carbocycles. The van der Waals surface area contributed by atoms with Crippen LogP contribution in [0.25, 0.3) is 0 Å². The molecule has 1 aromatic carbocycles. The molecule has 20 heavy (non-hydrogen) atoms. The third-order valence-electron chi connectivity index (χ3n) is 2.95. The first-order chi connectivity index (χ1) is 9.76. The number of esters is 1. The van der Waals surface area contributed by atoms with Crippen molar-refractivity contribution < 1.29 is 14.3 Å². The highest BCUT2D eigenvalue weighted by molar-refractivity contribution is 5.81. The first kappa shape index (κ1) is 16.3. The van der Waals surface area contributed by atoms with Crippen LogP contribution >= 0.6 is 0 Å². The maximum absolute atomic E-state index is 11.2. The fourth-order valence-corrected chi connectivity index (χ4v) is 1.92. The van der Waals surface area contributed by atoms with Crippen molar-refractivity contribution in [3.8, 4) is 0 Å². The van der Waals surface area contributed by atoms with E-state index >= 15 is 0 Å². The van der Waals surface area contributed by atoms with Gasteiger partial charge in [-0.05, 0) is 18.9 Å². The van der Waals surface area contributed by atoms with Crippen LogP contribution < -0.4 is 0 Å². The number of carbonyl (C=O) groups is 1. The highest BCUT2D eigenvalue weighted by Crippen LogP contribution is 2.12. The SMILES string of the molecule is CCCCC(Cc1ccccc1)O/C=C/C(=O)OCC. The molecule has 0 aliphatic carbocycles. The Morgan fingerprint density at radius 2 is 2.00 bits per heavy atom. The summed E-state index contributed by atoms with van der Waals surface area (Å²) in [5.74, 6) is -0.360. The monoisotopic (exact) mass is 276 g/mol. The minimum absolute atomic E-state index is 0.100. The Bertz CT molecular complexity index is 398. The quantitative estimate of drug-likeness (QED) is 0.390. The van der Waals surface area contributed by atoms with Gasteiger partial charge in [0.2, 0.25) is 0 Å². The van der Waals surface area contributed by atoms with E-state index in [9.17, 15) is 4.79 Å². The first-order valence-corrected chi connectivity index (χ1v) is 7.29. The molecule has 0 N–H and O–H groups in total. The van der Waals surface area contributed by atoms with Crippen LogP contribution in [0.3, 0.4) is 0 Å². The fraction of sp³-hybridized carbons (Fsp3) is 0.471. The van der Waals surface area contributed by atoms with Crippen molar-refractivity contribution in [1.82, 2.24) is 0 Å². The largest absolute Gasteiger partial charge is 0.497 e. The summed E-state index contributed by atoms with van der Waals surface area (Å²) in [6.45, 7) is 4.33. The Labute approximate surface area is 121 Å². The van der Waals surface area contributed by atoms with Crippen molar-refractivity contribution in [3.05, 3.63) is 48.2 Å². The first-order valence-electron chi connectivity index (χ1n) is 7.29. The van der Waals surface area contributed by atoms with E-state index in [-0.39, 0.29) is 12.1 Å². The van der Waals surface area contributed by atoms with Crippen LogP contribution in [0.2, 0.25) is 0 Å². The molecule has 1 unspecified atom stereocenters. The van der Waals surface area contributed by atoms with Gasteiger partial charge in [-0.15, -0.1) is 0 Å². The zero-order valence-corrected chi connectivity index (χ0v) is 12.4. The molecule has 0 radical (unpaired) electrons. The number of hydrogen-bond acceptors (Lipinski definition) is 3. The summed E-state index contributed by atoms with van der Waals surface area (Å²) in [4.78, 5) is 11.2. The Balaban J connectivity index is 2.49. The van der Waals surface area contributed by atoms with Gasteiger partial charge in [0.25, 0.3) is 0 Å². The van der Waals surface area contributed by atoms with Crippen LogP contribution in [-0.4, -0.2) is 18.7 Å². The predicted octanol–water partition coefficient (Wildman–Crippen LogP) is 3.88. The van der Waals surface area contributed by atoms with Gasteiger partial charge in [-0.3, -0.25) is 0 Å². The number of benzene rings is 1. The van der Waals surface area contributed by atoms with E-state index in [1.807, 2.05) is 18.2 Å². The van der Waals surface area contributed by atoms with E-state index in [0.717, 1.165) is 25.7 Å². The van der Waals surface area contributed by atoms with Crippen LogP contribution in [0, 0.1) is 0 Å². The van der Waals surface area contributed by atoms with Crippen LogP contribution in [0.15, 0.2) is 42.7 Å². The molecule has 1 aromatic rings. The number of carbonyl (C=O) groups excluding carboxylic acids is 1. The minimum Gasteiger partial charge on any atom is -0.497 e. The van der Waals surface area contributed by atoms with E-state index in [0.29, 0.717) is 6.61 Å². The number of ether oxygens (including phenoxy) is 2. The number of unbranched alkanes of at least 4 members (excludes halogenated alkanes) is 1. The Hall–Kier alpha value is -1.77. The van der Waals surface area contributed by atoms with E-state index in [2.05, 4.69) is 19.1 Å². The highest BCUT2D eigenvalue weighted by Gasteiger charge is 2.09. The Morgan fingerprint density at radius 1 is 1.25 bits per heavy atom. The smallest absolute Gasteiger partial charge is 0.333 e. The van der Waals surface area contributed by atoms with E-state index < -0.39 is 0 Å². The molecule has 0 bridgehead atoms. The summed E-state index contributed by atoms with van der Waals surface area (Å²) in [7, 11) is 0. The topological polar surface area (TPSA) is 35.5 Å². The summed E-state index contributed by atoms with van der Waals surface area (Å²) < 4.78 is 10.5. The van der Waals surface area contributed by atoms with E-state index in [1.165, 1.54) is 17.9 Å².